The molecule has 0 saturated carbocycles. The minimum Gasteiger partial charge on any atom is -0.319 e. The number of nitrogens with zero attached hydrogens (tertiary/aromatic N) is 2. The van der Waals surface area contributed by atoms with Crippen molar-refractivity contribution < 1.29 is 4.79 Å². The molecule has 0 atom stereocenters. The van der Waals surface area contributed by atoms with Crippen LogP contribution in [0.4, 0.5) is 5.69 Å². The first kappa shape index (κ1) is 13.5. The summed E-state index contributed by atoms with van der Waals surface area (Å²) >= 11 is 9.08. The zero-order valence-electron chi connectivity index (χ0n) is 9.52. The molecule has 0 bridgehead atoms. The lowest BCUT2D eigenvalue weighted by molar-refractivity contribution is 0.102. The lowest BCUT2D eigenvalue weighted by Crippen LogP contribution is -2.14. The summed E-state index contributed by atoms with van der Waals surface area (Å²) in [5, 5.41) is 12.0. The first-order valence-electron chi connectivity index (χ1n) is 5.22. The van der Waals surface area contributed by atoms with Crippen LogP contribution in [-0.2, 0) is 0 Å². The number of hydrogen-bond acceptors (Lipinski definition) is 3. The average Bonchev–Trinajstić information content (AvgIpc) is 2.39. The molecule has 2 aromatic rings. The van der Waals surface area contributed by atoms with E-state index in [9.17, 15) is 4.79 Å². The second-order valence-corrected chi connectivity index (χ2v) is 4.97. The maximum Gasteiger partial charge on any atom is 0.274 e. The Morgan fingerprint density at radius 3 is 2.79 bits per heavy atom. The number of nitrogens with one attached hydrogen (secondary N) is 1. The first-order chi connectivity index (χ1) is 9.10. The molecular formula is C13H7BrClN3O. The Kier molecular flexibility index (Phi) is 4.15. The number of amides is 1. The number of nitriles is 1. The van der Waals surface area contributed by atoms with Gasteiger partial charge in [-0.15, -0.1) is 0 Å². The maximum absolute atomic E-state index is 12.0. The highest BCUT2D eigenvalue weighted by Gasteiger charge is 2.10. The predicted octanol–water partition coefficient (Wildman–Crippen LogP) is 3.62. The minimum atomic E-state index is -0.397. The van der Waals surface area contributed by atoms with Gasteiger partial charge < -0.3 is 5.32 Å². The molecule has 0 fully saturated rings. The third kappa shape index (κ3) is 3.31. The van der Waals surface area contributed by atoms with Crippen molar-refractivity contribution in [2.45, 2.75) is 0 Å². The number of carbonyl (C=O) groups excluding carboxylic acids is 1. The number of benzene rings is 1. The number of rotatable bonds is 2. The van der Waals surface area contributed by atoms with Crippen LogP contribution >= 0.6 is 27.5 Å². The highest BCUT2D eigenvalue weighted by molar-refractivity contribution is 9.10. The van der Waals surface area contributed by atoms with Gasteiger partial charge in [-0.3, -0.25) is 4.79 Å². The summed E-state index contributed by atoms with van der Waals surface area (Å²) < 4.78 is 0.782. The fourth-order valence-electron chi connectivity index (χ4n) is 1.41. The number of anilines is 1. The lowest BCUT2D eigenvalue weighted by Gasteiger charge is -2.07. The Labute approximate surface area is 123 Å². The quantitative estimate of drug-likeness (QED) is 0.911. The Balaban J connectivity index is 2.26. The summed E-state index contributed by atoms with van der Waals surface area (Å²) in [6.45, 7) is 0. The molecule has 4 nitrogen and oxygen atoms in total. The highest BCUT2D eigenvalue weighted by Crippen LogP contribution is 2.21. The van der Waals surface area contributed by atoms with E-state index >= 15 is 0 Å². The van der Waals surface area contributed by atoms with Crippen LogP contribution in [0.1, 0.15) is 16.1 Å². The van der Waals surface area contributed by atoms with Gasteiger partial charge >= 0.3 is 0 Å². The Hall–Kier alpha value is -1.90. The van der Waals surface area contributed by atoms with E-state index in [1.165, 1.54) is 12.3 Å². The van der Waals surface area contributed by atoms with E-state index in [0.717, 1.165) is 4.47 Å². The van der Waals surface area contributed by atoms with Crippen LogP contribution < -0.4 is 5.32 Å². The SMILES string of the molecule is N#Cc1ccc(Cl)cc1NC(=O)c1ccc(Br)cn1. The van der Waals surface area contributed by atoms with Crippen LogP contribution in [0, 0.1) is 11.3 Å². The van der Waals surface area contributed by atoms with Gasteiger partial charge in [-0.05, 0) is 46.3 Å². The lowest BCUT2D eigenvalue weighted by atomic mass is 10.2. The van der Waals surface area contributed by atoms with E-state index in [4.69, 9.17) is 16.9 Å². The molecule has 0 aliphatic carbocycles. The predicted molar refractivity (Wildman–Crippen MR) is 76.1 cm³/mol. The first-order valence-corrected chi connectivity index (χ1v) is 6.40. The van der Waals surface area contributed by atoms with Gasteiger partial charge in [0.15, 0.2) is 0 Å². The van der Waals surface area contributed by atoms with Crippen LogP contribution in [0.3, 0.4) is 0 Å². The molecule has 1 aromatic heterocycles. The highest BCUT2D eigenvalue weighted by atomic mass is 79.9. The summed E-state index contributed by atoms with van der Waals surface area (Å²) in [5.41, 5.74) is 0.964. The van der Waals surface area contributed by atoms with Gasteiger partial charge in [-0.25, -0.2) is 4.98 Å². The molecule has 1 amide bonds. The third-order valence-corrected chi connectivity index (χ3v) is 3.01. The third-order valence-electron chi connectivity index (χ3n) is 2.31. The molecule has 0 saturated heterocycles. The van der Waals surface area contributed by atoms with Gasteiger partial charge in [-0.2, -0.15) is 5.26 Å². The van der Waals surface area contributed by atoms with Crippen molar-refractivity contribution >= 4 is 39.1 Å². The average molecular weight is 337 g/mol. The van der Waals surface area contributed by atoms with Gasteiger partial charge in [0.1, 0.15) is 11.8 Å². The number of halogens is 2. The molecule has 19 heavy (non-hydrogen) atoms. The zero-order valence-corrected chi connectivity index (χ0v) is 11.9. The van der Waals surface area contributed by atoms with Crippen molar-refractivity contribution in [3.05, 3.63) is 57.3 Å². The second kappa shape index (κ2) is 5.83. The molecule has 0 radical (unpaired) electrons. The summed E-state index contributed by atoms with van der Waals surface area (Å²) in [7, 11) is 0. The second-order valence-electron chi connectivity index (χ2n) is 3.62. The molecule has 0 spiro atoms. The molecule has 0 aliphatic rings. The van der Waals surface area contributed by atoms with Crippen molar-refractivity contribution in [1.29, 1.82) is 5.26 Å². The summed E-state index contributed by atoms with van der Waals surface area (Å²) in [6.07, 6.45) is 1.53. The van der Waals surface area contributed by atoms with Crippen LogP contribution in [0.15, 0.2) is 41.0 Å². The number of pyridine rings is 1. The molecule has 0 unspecified atom stereocenters. The zero-order chi connectivity index (χ0) is 13.8. The van der Waals surface area contributed by atoms with Crippen molar-refractivity contribution in [1.82, 2.24) is 4.98 Å². The molecule has 94 valence electrons. The van der Waals surface area contributed by atoms with E-state index in [0.29, 0.717) is 16.3 Å². The van der Waals surface area contributed by atoms with Crippen molar-refractivity contribution in [2.24, 2.45) is 0 Å². The summed E-state index contributed by atoms with van der Waals surface area (Å²) in [6, 6.07) is 9.94. The van der Waals surface area contributed by atoms with Crippen molar-refractivity contribution in [3.63, 3.8) is 0 Å². The largest absolute Gasteiger partial charge is 0.319 e. The van der Waals surface area contributed by atoms with E-state index < -0.39 is 5.91 Å². The standard InChI is InChI=1S/C13H7BrClN3O/c14-9-2-4-11(17-7-9)13(19)18-12-5-10(15)3-1-8(12)6-16/h1-5,7H,(H,18,19). The smallest absolute Gasteiger partial charge is 0.274 e. The maximum atomic E-state index is 12.0. The monoisotopic (exact) mass is 335 g/mol. The van der Waals surface area contributed by atoms with Crippen LogP contribution in [0.25, 0.3) is 0 Å². The number of hydrogen-bond donors (Lipinski definition) is 1. The van der Waals surface area contributed by atoms with Crippen molar-refractivity contribution in [3.8, 4) is 6.07 Å². The molecule has 1 aromatic carbocycles. The minimum absolute atomic E-state index is 0.257. The van der Waals surface area contributed by atoms with E-state index in [2.05, 4.69) is 26.2 Å². The van der Waals surface area contributed by atoms with Gasteiger partial charge in [0.2, 0.25) is 0 Å². The Morgan fingerprint density at radius 1 is 1.37 bits per heavy atom. The summed E-state index contributed by atoms with van der Waals surface area (Å²) in [5.74, 6) is -0.397. The normalized spacial score (nSPS) is 9.74. The molecule has 6 heteroatoms. The van der Waals surface area contributed by atoms with Crippen LogP contribution in [-0.4, -0.2) is 10.9 Å². The van der Waals surface area contributed by atoms with E-state index in [1.807, 2.05) is 6.07 Å². The topological polar surface area (TPSA) is 65.8 Å². The molecular weight excluding hydrogens is 330 g/mol. The molecule has 1 N–H and O–H groups in total. The fourth-order valence-corrected chi connectivity index (χ4v) is 1.82. The Bertz CT molecular complexity index is 665. The molecule has 1 heterocycles. The summed E-state index contributed by atoms with van der Waals surface area (Å²) in [4.78, 5) is 15.9. The van der Waals surface area contributed by atoms with Gasteiger partial charge in [-0.1, -0.05) is 11.6 Å². The number of carbonyl (C=O) groups is 1. The fraction of sp³-hybridized carbons (Fsp3) is 0. The van der Waals surface area contributed by atoms with Crippen LogP contribution in [0.2, 0.25) is 5.02 Å². The van der Waals surface area contributed by atoms with Gasteiger partial charge in [0.05, 0.1) is 11.3 Å². The number of aromatic nitrogens is 1. The molecule has 2 rings (SSSR count). The van der Waals surface area contributed by atoms with Gasteiger partial charge in [0, 0.05) is 15.7 Å². The van der Waals surface area contributed by atoms with Crippen molar-refractivity contribution in [2.75, 3.05) is 5.32 Å². The van der Waals surface area contributed by atoms with Crippen LogP contribution in [0.5, 0.6) is 0 Å². The van der Waals surface area contributed by atoms with E-state index in [1.54, 1.807) is 24.3 Å². The Morgan fingerprint density at radius 2 is 2.16 bits per heavy atom. The molecule has 0 aliphatic heterocycles. The van der Waals surface area contributed by atoms with E-state index in [-0.39, 0.29) is 5.69 Å². The van der Waals surface area contributed by atoms with Gasteiger partial charge in [0.25, 0.3) is 5.91 Å².